The van der Waals surface area contributed by atoms with Crippen LogP contribution in [0, 0.1) is 6.92 Å². The van der Waals surface area contributed by atoms with Gasteiger partial charge in [-0.25, -0.2) is 5.84 Å². The number of carbonyl (C=O) groups excluding carboxylic acids is 1. The normalized spacial score (nSPS) is 10.4. The Kier molecular flexibility index (Phi) is 6.45. The van der Waals surface area contributed by atoms with E-state index in [0.29, 0.717) is 30.2 Å². The predicted octanol–water partition coefficient (Wildman–Crippen LogP) is 3.91. The van der Waals surface area contributed by atoms with E-state index in [0.717, 1.165) is 15.6 Å². The van der Waals surface area contributed by atoms with Gasteiger partial charge in [0.2, 0.25) is 5.91 Å². The molecule has 3 N–H and O–H groups in total. The van der Waals surface area contributed by atoms with Gasteiger partial charge in [0.05, 0.1) is 9.50 Å². The van der Waals surface area contributed by atoms with Gasteiger partial charge in [-0.15, -0.1) is 0 Å². The largest absolute Gasteiger partial charge is 0.486 e. The van der Waals surface area contributed by atoms with Crippen LogP contribution in [0.1, 0.15) is 23.1 Å². The number of amides is 1. The van der Waals surface area contributed by atoms with Crippen molar-refractivity contribution in [3.05, 3.63) is 62.6 Å². The molecule has 0 heterocycles. The third-order valence-electron chi connectivity index (χ3n) is 3.49. The Hall–Kier alpha value is -1.56. The van der Waals surface area contributed by atoms with E-state index in [-0.39, 0.29) is 5.91 Å². The molecule has 0 unspecified atom stereocenters. The van der Waals surface area contributed by atoms with Crippen molar-refractivity contribution in [2.24, 2.45) is 5.84 Å². The Labute approximate surface area is 149 Å². The van der Waals surface area contributed by atoms with E-state index in [4.69, 9.17) is 22.2 Å². The minimum atomic E-state index is -0.211. The minimum absolute atomic E-state index is 0.211. The molecular weight excluding hydrogens is 380 g/mol. The summed E-state index contributed by atoms with van der Waals surface area (Å²) in [4.78, 5) is 11.2. The number of rotatable bonds is 6. The molecule has 0 aliphatic heterocycles. The molecule has 0 atom stereocenters. The number of benzene rings is 2. The first-order valence-electron chi connectivity index (χ1n) is 7.16. The quantitative estimate of drug-likeness (QED) is 0.441. The number of aryl methyl sites for hydroxylation is 2. The van der Waals surface area contributed by atoms with E-state index < -0.39 is 0 Å². The molecule has 122 valence electrons. The van der Waals surface area contributed by atoms with Crippen molar-refractivity contribution in [3.8, 4) is 5.75 Å². The van der Waals surface area contributed by atoms with Crippen molar-refractivity contribution in [1.29, 1.82) is 0 Å². The van der Waals surface area contributed by atoms with E-state index in [1.54, 1.807) is 0 Å². The predicted molar refractivity (Wildman–Crippen MR) is 95.3 cm³/mol. The summed E-state index contributed by atoms with van der Waals surface area (Å²) in [6, 6.07) is 11.8. The molecular formula is C17H18BrClN2O2. The van der Waals surface area contributed by atoms with Crippen LogP contribution in [0.25, 0.3) is 0 Å². The summed E-state index contributed by atoms with van der Waals surface area (Å²) >= 11 is 9.79. The lowest BCUT2D eigenvalue weighted by Gasteiger charge is -2.13. The molecule has 0 aliphatic carbocycles. The van der Waals surface area contributed by atoms with Crippen LogP contribution < -0.4 is 16.0 Å². The van der Waals surface area contributed by atoms with Gasteiger partial charge in [-0.1, -0.05) is 35.9 Å². The molecule has 0 aliphatic rings. The van der Waals surface area contributed by atoms with Crippen LogP contribution in [-0.2, 0) is 17.8 Å². The van der Waals surface area contributed by atoms with E-state index >= 15 is 0 Å². The first-order chi connectivity index (χ1) is 11.0. The molecule has 23 heavy (non-hydrogen) atoms. The molecule has 0 spiro atoms. The van der Waals surface area contributed by atoms with Crippen molar-refractivity contribution in [3.63, 3.8) is 0 Å². The minimum Gasteiger partial charge on any atom is -0.486 e. The Balaban J connectivity index is 2.08. The highest BCUT2D eigenvalue weighted by atomic mass is 79.9. The fourth-order valence-corrected chi connectivity index (χ4v) is 3.18. The topological polar surface area (TPSA) is 64.3 Å². The zero-order valence-electron chi connectivity index (χ0n) is 12.7. The smallest absolute Gasteiger partial charge is 0.234 e. The maximum Gasteiger partial charge on any atom is 0.234 e. The molecule has 2 aromatic carbocycles. The summed E-state index contributed by atoms with van der Waals surface area (Å²) in [7, 11) is 0. The number of nitrogens with two attached hydrogens (primary N) is 1. The van der Waals surface area contributed by atoms with Crippen molar-refractivity contribution < 1.29 is 9.53 Å². The summed E-state index contributed by atoms with van der Waals surface area (Å²) in [5, 5.41) is 0.510. The highest BCUT2D eigenvalue weighted by Crippen LogP contribution is 2.35. The molecule has 0 saturated heterocycles. The molecule has 0 fully saturated rings. The third-order valence-corrected chi connectivity index (χ3v) is 4.36. The van der Waals surface area contributed by atoms with E-state index in [9.17, 15) is 4.79 Å². The van der Waals surface area contributed by atoms with E-state index in [2.05, 4.69) is 21.4 Å². The number of hydrogen-bond acceptors (Lipinski definition) is 3. The first-order valence-corrected chi connectivity index (χ1v) is 8.33. The zero-order valence-corrected chi connectivity index (χ0v) is 15.1. The summed E-state index contributed by atoms with van der Waals surface area (Å²) in [5.74, 6) is 5.46. The second kappa shape index (κ2) is 8.34. The van der Waals surface area contributed by atoms with Crippen LogP contribution in [-0.4, -0.2) is 5.91 Å². The highest BCUT2D eigenvalue weighted by Gasteiger charge is 2.11. The maximum atomic E-state index is 11.2. The maximum absolute atomic E-state index is 11.2. The zero-order chi connectivity index (χ0) is 16.8. The van der Waals surface area contributed by atoms with E-state index in [1.165, 1.54) is 5.56 Å². The van der Waals surface area contributed by atoms with Gasteiger partial charge in [0, 0.05) is 6.42 Å². The Bertz CT molecular complexity index is 684. The Morgan fingerprint density at radius 1 is 1.35 bits per heavy atom. The lowest BCUT2D eigenvalue weighted by Crippen LogP contribution is -2.30. The fourth-order valence-electron chi connectivity index (χ4n) is 2.15. The van der Waals surface area contributed by atoms with Gasteiger partial charge in [-0.2, -0.15) is 0 Å². The molecule has 1 amide bonds. The van der Waals surface area contributed by atoms with Crippen molar-refractivity contribution >= 4 is 33.4 Å². The van der Waals surface area contributed by atoms with Crippen LogP contribution >= 0.6 is 27.5 Å². The second-order valence-corrected chi connectivity index (χ2v) is 6.43. The Morgan fingerprint density at radius 3 is 2.74 bits per heavy atom. The van der Waals surface area contributed by atoms with Crippen LogP contribution in [0.2, 0.25) is 5.02 Å². The van der Waals surface area contributed by atoms with Gasteiger partial charge >= 0.3 is 0 Å². The average molecular weight is 398 g/mol. The standard InChI is InChI=1S/C17H18BrClN2O2/c1-11-4-2-3-5-13(11)10-23-17-14(18)8-12(9-15(17)19)6-7-16(22)21-20/h2-5,8-9H,6-7,10,20H2,1H3,(H,21,22). The summed E-state index contributed by atoms with van der Waals surface area (Å²) in [5.41, 5.74) is 5.33. The molecule has 0 radical (unpaired) electrons. The average Bonchev–Trinajstić information content (AvgIpc) is 2.53. The summed E-state index contributed by atoms with van der Waals surface area (Å²) < 4.78 is 6.62. The van der Waals surface area contributed by atoms with Crippen molar-refractivity contribution in [2.75, 3.05) is 0 Å². The van der Waals surface area contributed by atoms with Gasteiger partial charge in [0.15, 0.2) is 5.75 Å². The summed E-state index contributed by atoms with van der Waals surface area (Å²) in [6.07, 6.45) is 0.863. The molecule has 0 aromatic heterocycles. The lowest BCUT2D eigenvalue weighted by molar-refractivity contribution is -0.121. The van der Waals surface area contributed by atoms with Crippen LogP contribution in [0.5, 0.6) is 5.75 Å². The molecule has 0 saturated carbocycles. The van der Waals surface area contributed by atoms with Gasteiger partial charge in [-0.3, -0.25) is 10.2 Å². The van der Waals surface area contributed by atoms with Gasteiger partial charge in [0.1, 0.15) is 6.61 Å². The molecule has 0 bridgehead atoms. The van der Waals surface area contributed by atoms with E-state index in [1.807, 2.05) is 43.3 Å². The van der Waals surface area contributed by atoms with Gasteiger partial charge < -0.3 is 4.74 Å². The Morgan fingerprint density at radius 2 is 2.09 bits per heavy atom. The molecule has 2 aromatic rings. The molecule has 2 rings (SSSR count). The molecule has 4 nitrogen and oxygen atoms in total. The summed E-state index contributed by atoms with van der Waals surface area (Å²) in [6.45, 7) is 2.49. The SMILES string of the molecule is Cc1ccccc1COc1c(Cl)cc(CCC(=O)NN)cc1Br. The number of hydrogen-bond donors (Lipinski definition) is 2. The van der Waals surface area contributed by atoms with Crippen molar-refractivity contribution in [2.45, 2.75) is 26.4 Å². The van der Waals surface area contributed by atoms with Gasteiger partial charge in [0.25, 0.3) is 0 Å². The number of hydrazine groups is 1. The van der Waals surface area contributed by atoms with Gasteiger partial charge in [-0.05, 0) is 58.1 Å². The number of halogens is 2. The second-order valence-electron chi connectivity index (χ2n) is 5.17. The number of ether oxygens (including phenoxy) is 1. The fraction of sp³-hybridized carbons (Fsp3) is 0.235. The monoisotopic (exact) mass is 396 g/mol. The van der Waals surface area contributed by atoms with Crippen molar-refractivity contribution in [1.82, 2.24) is 5.43 Å². The van der Waals surface area contributed by atoms with Crippen LogP contribution in [0.15, 0.2) is 40.9 Å². The van der Waals surface area contributed by atoms with Crippen LogP contribution in [0.3, 0.4) is 0 Å². The first kappa shape index (κ1) is 17.8. The van der Waals surface area contributed by atoms with Crippen LogP contribution in [0.4, 0.5) is 0 Å². The highest BCUT2D eigenvalue weighted by molar-refractivity contribution is 9.10. The third kappa shape index (κ3) is 4.96. The molecule has 6 heteroatoms. The lowest BCUT2D eigenvalue weighted by atomic mass is 10.1. The number of carbonyl (C=O) groups is 1. The number of nitrogens with one attached hydrogen (secondary N) is 1.